The van der Waals surface area contributed by atoms with Crippen LogP contribution >= 0.6 is 0 Å². The number of aliphatic hydroxyl groups is 1. The highest BCUT2D eigenvalue weighted by molar-refractivity contribution is 4.95. The van der Waals surface area contributed by atoms with Gasteiger partial charge in [0.05, 0.1) is 5.60 Å². The maximum absolute atomic E-state index is 11.4. The Labute approximate surface area is 126 Å². The molecule has 0 heterocycles. The van der Waals surface area contributed by atoms with Gasteiger partial charge in [0.25, 0.3) is 0 Å². The number of hydrogen-bond donors (Lipinski definition) is 1. The predicted octanol–water partition coefficient (Wildman–Crippen LogP) is 5.56. The maximum atomic E-state index is 11.4. The minimum Gasteiger partial charge on any atom is -0.390 e. The van der Waals surface area contributed by atoms with E-state index in [1.54, 1.807) is 0 Å². The van der Waals surface area contributed by atoms with Gasteiger partial charge < -0.3 is 5.11 Å². The van der Waals surface area contributed by atoms with Crippen molar-refractivity contribution in [3.05, 3.63) is 0 Å². The molecule has 1 N–H and O–H groups in total. The van der Waals surface area contributed by atoms with Gasteiger partial charge in [-0.3, -0.25) is 0 Å². The lowest BCUT2D eigenvalue weighted by atomic mass is 9.66. The second-order valence-electron chi connectivity index (χ2n) is 8.66. The molecular weight excluding hydrogens is 244 g/mol. The Balaban J connectivity index is 2.06. The fourth-order valence-electron chi connectivity index (χ4n) is 4.99. The molecule has 2 saturated carbocycles. The molecule has 4 atom stereocenters. The smallest absolute Gasteiger partial charge is 0.0678 e. The van der Waals surface area contributed by atoms with Crippen LogP contribution in [-0.2, 0) is 0 Å². The standard InChI is InChI=1S/C19H36O/c1-5-15-9-6-7-11-17(15)19(20)13-8-10-16(12-14-19)18(2,3)4/h15-17,20H,5-14H2,1-4H3. The molecule has 2 aliphatic rings. The zero-order chi connectivity index (χ0) is 14.8. The van der Waals surface area contributed by atoms with E-state index in [4.69, 9.17) is 0 Å². The summed E-state index contributed by atoms with van der Waals surface area (Å²) >= 11 is 0. The predicted molar refractivity (Wildman–Crippen MR) is 86.7 cm³/mol. The van der Waals surface area contributed by atoms with Gasteiger partial charge in [0, 0.05) is 0 Å². The van der Waals surface area contributed by atoms with E-state index in [0.29, 0.717) is 11.3 Å². The van der Waals surface area contributed by atoms with E-state index in [9.17, 15) is 5.11 Å². The molecule has 1 heteroatoms. The Morgan fingerprint density at radius 3 is 2.30 bits per heavy atom. The molecule has 118 valence electrons. The van der Waals surface area contributed by atoms with E-state index in [1.165, 1.54) is 51.4 Å². The van der Waals surface area contributed by atoms with Crippen LogP contribution in [0, 0.1) is 23.2 Å². The molecule has 0 aromatic rings. The summed E-state index contributed by atoms with van der Waals surface area (Å²) in [7, 11) is 0. The van der Waals surface area contributed by atoms with E-state index in [-0.39, 0.29) is 5.60 Å². The maximum Gasteiger partial charge on any atom is 0.0678 e. The molecule has 0 aromatic carbocycles. The summed E-state index contributed by atoms with van der Waals surface area (Å²) < 4.78 is 0. The molecule has 2 fully saturated rings. The van der Waals surface area contributed by atoms with Crippen LogP contribution < -0.4 is 0 Å². The van der Waals surface area contributed by atoms with Gasteiger partial charge in [-0.25, -0.2) is 0 Å². The topological polar surface area (TPSA) is 20.2 Å². The van der Waals surface area contributed by atoms with Gasteiger partial charge in [0.2, 0.25) is 0 Å². The Hall–Kier alpha value is -0.0400. The normalized spacial score (nSPS) is 40.4. The van der Waals surface area contributed by atoms with Crippen molar-refractivity contribution in [3.8, 4) is 0 Å². The first-order valence-electron chi connectivity index (χ1n) is 9.09. The Bertz CT molecular complexity index is 303. The summed E-state index contributed by atoms with van der Waals surface area (Å²) in [6.45, 7) is 9.44. The average Bonchev–Trinajstić information content (AvgIpc) is 2.61. The van der Waals surface area contributed by atoms with Gasteiger partial charge in [-0.1, -0.05) is 59.8 Å². The van der Waals surface area contributed by atoms with Crippen molar-refractivity contribution in [1.82, 2.24) is 0 Å². The van der Waals surface area contributed by atoms with Crippen LogP contribution in [0.25, 0.3) is 0 Å². The molecule has 2 rings (SSSR count). The molecule has 0 aromatic heterocycles. The number of rotatable bonds is 2. The lowest BCUT2D eigenvalue weighted by Gasteiger charge is -2.43. The summed E-state index contributed by atoms with van der Waals surface area (Å²) in [6.07, 6.45) is 12.5. The SMILES string of the molecule is CCC1CCCCC1C1(O)CCCC(C(C)(C)C)CC1. The second-order valence-corrected chi connectivity index (χ2v) is 8.66. The third-order valence-corrected chi connectivity index (χ3v) is 6.44. The molecule has 0 saturated heterocycles. The van der Waals surface area contributed by atoms with Gasteiger partial charge in [-0.15, -0.1) is 0 Å². The Morgan fingerprint density at radius 1 is 0.950 bits per heavy atom. The van der Waals surface area contributed by atoms with E-state index >= 15 is 0 Å². The minimum absolute atomic E-state index is 0.346. The highest BCUT2D eigenvalue weighted by Gasteiger charge is 2.43. The van der Waals surface area contributed by atoms with E-state index in [2.05, 4.69) is 27.7 Å². The molecule has 0 amide bonds. The summed E-state index contributed by atoms with van der Waals surface area (Å²) in [5, 5.41) is 11.4. The van der Waals surface area contributed by atoms with Crippen molar-refractivity contribution in [2.75, 3.05) is 0 Å². The van der Waals surface area contributed by atoms with Crippen LogP contribution in [0.15, 0.2) is 0 Å². The van der Waals surface area contributed by atoms with Crippen molar-refractivity contribution in [1.29, 1.82) is 0 Å². The van der Waals surface area contributed by atoms with Crippen LogP contribution in [0.1, 0.15) is 91.9 Å². The van der Waals surface area contributed by atoms with Gasteiger partial charge in [0.15, 0.2) is 0 Å². The third kappa shape index (κ3) is 3.59. The molecule has 0 aliphatic heterocycles. The van der Waals surface area contributed by atoms with Crippen molar-refractivity contribution >= 4 is 0 Å². The van der Waals surface area contributed by atoms with E-state index in [1.807, 2.05) is 0 Å². The molecule has 1 nitrogen and oxygen atoms in total. The second kappa shape index (κ2) is 6.38. The van der Waals surface area contributed by atoms with Crippen molar-refractivity contribution in [2.24, 2.45) is 23.2 Å². The van der Waals surface area contributed by atoms with Crippen molar-refractivity contribution in [2.45, 2.75) is 97.5 Å². The molecule has 0 radical (unpaired) electrons. The largest absolute Gasteiger partial charge is 0.390 e. The first kappa shape index (κ1) is 16.3. The van der Waals surface area contributed by atoms with Gasteiger partial charge in [0.1, 0.15) is 0 Å². The summed E-state index contributed by atoms with van der Waals surface area (Å²) in [5.74, 6) is 2.15. The van der Waals surface area contributed by atoms with Crippen molar-refractivity contribution in [3.63, 3.8) is 0 Å². The van der Waals surface area contributed by atoms with E-state index in [0.717, 1.165) is 24.7 Å². The molecule has 4 unspecified atom stereocenters. The van der Waals surface area contributed by atoms with Gasteiger partial charge in [-0.2, -0.15) is 0 Å². The molecule has 20 heavy (non-hydrogen) atoms. The molecule has 0 spiro atoms. The first-order chi connectivity index (χ1) is 9.37. The van der Waals surface area contributed by atoms with E-state index < -0.39 is 0 Å². The lowest BCUT2D eigenvalue weighted by Crippen LogP contribution is -2.43. The number of hydrogen-bond acceptors (Lipinski definition) is 1. The molecule has 2 aliphatic carbocycles. The first-order valence-corrected chi connectivity index (χ1v) is 9.09. The average molecular weight is 280 g/mol. The fourth-order valence-corrected chi connectivity index (χ4v) is 4.99. The summed E-state index contributed by atoms with van der Waals surface area (Å²) in [5.41, 5.74) is 0.0586. The summed E-state index contributed by atoms with van der Waals surface area (Å²) in [6, 6.07) is 0. The zero-order valence-corrected chi connectivity index (χ0v) is 14.3. The zero-order valence-electron chi connectivity index (χ0n) is 14.3. The van der Waals surface area contributed by atoms with Crippen LogP contribution in [0.5, 0.6) is 0 Å². The monoisotopic (exact) mass is 280 g/mol. The minimum atomic E-state index is -0.346. The van der Waals surface area contributed by atoms with Gasteiger partial charge >= 0.3 is 0 Å². The molecular formula is C19H36O. The van der Waals surface area contributed by atoms with Crippen LogP contribution in [0.3, 0.4) is 0 Å². The third-order valence-electron chi connectivity index (χ3n) is 6.44. The summed E-state index contributed by atoms with van der Waals surface area (Å²) in [4.78, 5) is 0. The van der Waals surface area contributed by atoms with Crippen molar-refractivity contribution < 1.29 is 5.11 Å². The van der Waals surface area contributed by atoms with Crippen LogP contribution in [0.2, 0.25) is 0 Å². The lowest BCUT2D eigenvalue weighted by molar-refractivity contribution is -0.0703. The van der Waals surface area contributed by atoms with Crippen LogP contribution in [0.4, 0.5) is 0 Å². The quantitative estimate of drug-likeness (QED) is 0.656. The highest BCUT2D eigenvalue weighted by Crippen LogP contribution is 2.47. The Morgan fingerprint density at radius 2 is 1.65 bits per heavy atom. The van der Waals surface area contributed by atoms with Crippen LogP contribution in [-0.4, -0.2) is 10.7 Å². The Kier molecular flexibility index (Phi) is 5.21. The highest BCUT2D eigenvalue weighted by atomic mass is 16.3. The van der Waals surface area contributed by atoms with Gasteiger partial charge in [-0.05, 0) is 55.3 Å². The molecule has 0 bridgehead atoms. The fraction of sp³-hybridized carbons (Fsp3) is 1.00.